The van der Waals surface area contributed by atoms with Crippen LogP contribution in [-0.2, 0) is 4.74 Å². The summed E-state index contributed by atoms with van der Waals surface area (Å²) in [6, 6.07) is 8.82. The average Bonchev–Trinajstić information content (AvgIpc) is 2.70. The van der Waals surface area contributed by atoms with Gasteiger partial charge in [0.05, 0.1) is 6.10 Å². The predicted molar refractivity (Wildman–Crippen MR) is 117 cm³/mol. The summed E-state index contributed by atoms with van der Waals surface area (Å²) < 4.78 is 6.18. The maximum atomic E-state index is 6.18. The van der Waals surface area contributed by atoms with Crippen LogP contribution in [0.4, 0.5) is 0 Å². The number of aryl methyl sites for hydroxylation is 1. The maximum Gasteiger partial charge on any atom is 0.193 e. The van der Waals surface area contributed by atoms with E-state index in [-0.39, 0.29) is 6.10 Å². The molecule has 156 valence electrons. The van der Waals surface area contributed by atoms with Crippen molar-refractivity contribution < 1.29 is 4.74 Å². The summed E-state index contributed by atoms with van der Waals surface area (Å²) in [5.74, 6) is 2.25. The highest BCUT2D eigenvalue weighted by Gasteiger charge is 2.28. The number of hydrogen-bond acceptors (Lipinski definition) is 3. The van der Waals surface area contributed by atoms with E-state index in [0.717, 1.165) is 57.6 Å². The third-order valence-electron chi connectivity index (χ3n) is 5.88. The molecule has 1 N–H and O–H groups in total. The number of ether oxygens (including phenoxy) is 1. The Labute approximate surface area is 171 Å². The van der Waals surface area contributed by atoms with E-state index >= 15 is 0 Å². The van der Waals surface area contributed by atoms with Crippen LogP contribution in [0, 0.1) is 18.8 Å². The summed E-state index contributed by atoms with van der Waals surface area (Å²) >= 11 is 0. The van der Waals surface area contributed by atoms with Crippen molar-refractivity contribution in [3.63, 3.8) is 0 Å². The fourth-order valence-corrected chi connectivity index (χ4v) is 4.39. The Morgan fingerprint density at radius 1 is 1.18 bits per heavy atom. The van der Waals surface area contributed by atoms with Crippen LogP contribution in [0.15, 0.2) is 29.3 Å². The lowest BCUT2D eigenvalue weighted by atomic mass is 9.89. The molecule has 2 fully saturated rings. The number of nitrogens with zero attached hydrogens (tertiary/aromatic N) is 3. The second kappa shape index (κ2) is 10.3. The number of guanidine groups is 1. The van der Waals surface area contributed by atoms with Crippen LogP contribution in [0.1, 0.15) is 43.9 Å². The van der Waals surface area contributed by atoms with Crippen LogP contribution in [0.5, 0.6) is 0 Å². The van der Waals surface area contributed by atoms with E-state index in [1.54, 1.807) is 0 Å². The minimum Gasteiger partial charge on any atom is -0.373 e. The molecule has 2 heterocycles. The molecule has 1 aromatic rings. The van der Waals surface area contributed by atoms with Crippen molar-refractivity contribution in [3.05, 3.63) is 35.4 Å². The predicted octanol–water partition coefficient (Wildman–Crippen LogP) is 3.31. The topological polar surface area (TPSA) is 40.1 Å². The van der Waals surface area contributed by atoms with E-state index in [2.05, 4.69) is 65.1 Å². The number of hydrogen-bond donors (Lipinski definition) is 1. The van der Waals surface area contributed by atoms with Crippen LogP contribution >= 0.6 is 0 Å². The molecule has 2 aliphatic heterocycles. The second-order valence-electron chi connectivity index (χ2n) is 8.71. The Morgan fingerprint density at radius 3 is 2.54 bits per heavy atom. The van der Waals surface area contributed by atoms with Crippen molar-refractivity contribution >= 4 is 5.96 Å². The zero-order chi connectivity index (χ0) is 19.9. The molecule has 0 saturated carbocycles. The lowest BCUT2D eigenvalue weighted by Crippen LogP contribution is -2.53. The molecule has 1 aromatic carbocycles. The fourth-order valence-electron chi connectivity index (χ4n) is 4.39. The molecular formula is C23H38N4O. The van der Waals surface area contributed by atoms with E-state index in [1.165, 1.54) is 24.1 Å². The molecule has 5 nitrogen and oxygen atoms in total. The van der Waals surface area contributed by atoms with Gasteiger partial charge in [0, 0.05) is 58.8 Å². The van der Waals surface area contributed by atoms with Crippen molar-refractivity contribution in [2.75, 3.05) is 52.9 Å². The number of rotatable bonds is 5. The highest BCUT2D eigenvalue weighted by atomic mass is 16.5. The van der Waals surface area contributed by atoms with Crippen LogP contribution in [0.2, 0.25) is 0 Å². The number of nitrogens with one attached hydrogen (secondary N) is 1. The van der Waals surface area contributed by atoms with Gasteiger partial charge in [0.2, 0.25) is 0 Å². The van der Waals surface area contributed by atoms with Gasteiger partial charge in [-0.25, -0.2) is 0 Å². The maximum absolute atomic E-state index is 6.18. The first-order valence-corrected chi connectivity index (χ1v) is 10.9. The van der Waals surface area contributed by atoms with E-state index < -0.39 is 0 Å². The first-order valence-electron chi connectivity index (χ1n) is 10.9. The third-order valence-corrected chi connectivity index (χ3v) is 5.88. The molecule has 0 bridgehead atoms. The largest absolute Gasteiger partial charge is 0.373 e. The highest BCUT2D eigenvalue weighted by Crippen LogP contribution is 2.33. The number of aliphatic imine (C=N–C) groups is 1. The van der Waals surface area contributed by atoms with Crippen molar-refractivity contribution in [3.8, 4) is 0 Å². The quantitative estimate of drug-likeness (QED) is 0.623. The molecule has 0 aliphatic carbocycles. The second-order valence-corrected chi connectivity index (χ2v) is 8.71. The van der Waals surface area contributed by atoms with E-state index in [0.29, 0.717) is 5.92 Å². The van der Waals surface area contributed by atoms with Gasteiger partial charge in [-0.05, 0) is 31.2 Å². The van der Waals surface area contributed by atoms with Crippen LogP contribution in [0.25, 0.3) is 0 Å². The van der Waals surface area contributed by atoms with Crippen molar-refractivity contribution in [1.82, 2.24) is 15.1 Å². The zero-order valence-corrected chi connectivity index (χ0v) is 18.2. The first kappa shape index (κ1) is 21.1. The minimum absolute atomic E-state index is 0.183. The molecule has 0 radical (unpaired) electrons. The minimum atomic E-state index is 0.183. The Hall–Kier alpha value is -1.59. The number of benzene rings is 1. The van der Waals surface area contributed by atoms with Gasteiger partial charge in [0.25, 0.3) is 0 Å². The van der Waals surface area contributed by atoms with Crippen LogP contribution < -0.4 is 5.32 Å². The van der Waals surface area contributed by atoms with Crippen molar-refractivity contribution in [2.45, 2.75) is 39.7 Å². The van der Waals surface area contributed by atoms with Crippen molar-refractivity contribution in [1.29, 1.82) is 0 Å². The SMILES string of the molecule is CN=C(NCC1CCCOC1c1ccc(C)cc1)N1CCN(CC(C)C)CC1. The molecule has 0 amide bonds. The van der Waals surface area contributed by atoms with Gasteiger partial charge >= 0.3 is 0 Å². The summed E-state index contributed by atoms with van der Waals surface area (Å²) in [5, 5.41) is 3.65. The van der Waals surface area contributed by atoms with Crippen LogP contribution in [0.3, 0.4) is 0 Å². The van der Waals surface area contributed by atoms with E-state index in [9.17, 15) is 0 Å². The first-order chi connectivity index (χ1) is 13.6. The molecule has 2 aliphatic rings. The summed E-state index contributed by atoms with van der Waals surface area (Å²) in [6.07, 6.45) is 2.52. The number of piperazine rings is 1. The Balaban J connectivity index is 1.54. The average molecular weight is 387 g/mol. The van der Waals surface area contributed by atoms with E-state index in [1.807, 2.05) is 7.05 Å². The van der Waals surface area contributed by atoms with Gasteiger partial charge in [-0.1, -0.05) is 43.7 Å². The fraction of sp³-hybridized carbons (Fsp3) is 0.696. The molecule has 2 atom stereocenters. The smallest absolute Gasteiger partial charge is 0.193 e. The standard InChI is InChI=1S/C23H38N4O/c1-18(2)17-26-11-13-27(14-12-26)23(24-4)25-16-21-6-5-15-28-22(21)20-9-7-19(3)8-10-20/h7-10,18,21-22H,5-6,11-17H2,1-4H3,(H,24,25). The van der Waals surface area contributed by atoms with Gasteiger partial charge in [-0.2, -0.15) is 0 Å². The Bertz CT molecular complexity index is 620. The highest BCUT2D eigenvalue weighted by molar-refractivity contribution is 5.80. The third kappa shape index (κ3) is 5.71. The van der Waals surface area contributed by atoms with Gasteiger partial charge < -0.3 is 15.0 Å². The van der Waals surface area contributed by atoms with Crippen molar-refractivity contribution in [2.24, 2.45) is 16.8 Å². The molecule has 3 rings (SSSR count). The van der Waals surface area contributed by atoms with Gasteiger partial charge in [0.1, 0.15) is 0 Å². The normalized spacial score (nSPS) is 24.6. The summed E-state index contributed by atoms with van der Waals surface area (Å²) in [5.41, 5.74) is 2.60. The van der Waals surface area contributed by atoms with Gasteiger partial charge in [-0.15, -0.1) is 0 Å². The molecule has 0 aromatic heterocycles. The molecule has 28 heavy (non-hydrogen) atoms. The van der Waals surface area contributed by atoms with Crippen LogP contribution in [-0.4, -0.2) is 68.7 Å². The van der Waals surface area contributed by atoms with Gasteiger partial charge in [-0.3, -0.25) is 9.89 Å². The summed E-state index contributed by atoms with van der Waals surface area (Å²) in [7, 11) is 1.90. The lowest BCUT2D eigenvalue weighted by molar-refractivity contribution is -0.0267. The van der Waals surface area contributed by atoms with Gasteiger partial charge in [0.15, 0.2) is 5.96 Å². The molecule has 0 spiro atoms. The zero-order valence-electron chi connectivity index (χ0n) is 18.2. The monoisotopic (exact) mass is 386 g/mol. The Morgan fingerprint density at radius 2 is 1.89 bits per heavy atom. The Kier molecular flexibility index (Phi) is 7.74. The molecule has 5 heteroatoms. The molecular weight excluding hydrogens is 348 g/mol. The lowest BCUT2D eigenvalue weighted by Gasteiger charge is -2.38. The summed E-state index contributed by atoms with van der Waals surface area (Å²) in [6.45, 7) is 14.0. The van der Waals surface area contributed by atoms with E-state index in [4.69, 9.17) is 4.74 Å². The molecule has 2 unspecified atom stereocenters. The molecule has 2 saturated heterocycles. The summed E-state index contributed by atoms with van der Waals surface area (Å²) in [4.78, 5) is 9.53.